The highest BCUT2D eigenvalue weighted by Gasteiger charge is 2.80. The van der Waals surface area contributed by atoms with Crippen LogP contribution in [0.15, 0.2) is 48.6 Å². The monoisotopic (exact) mass is 905 g/mol. The Morgan fingerprint density at radius 1 is 0.969 bits per heavy atom. The predicted molar refractivity (Wildman–Crippen MR) is 232 cm³/mol. The number of rotatable bonds is 8. The summed E-state index contributed by atoms with van der Waals surface area (Å²) in [4.78, 5) is 65.6. The molecule has 17 heteroatoms. The van der Waals surface area contributed by atoms with Crippen molar-refractivity contribution in [2.45, 2.75) is 106 Å². The molecule has 2 bridgehead atoms. The maximum absolute atomic E-state index is 15.5. The summed E-state index contributed by atoms with van der Waals surface area (Å²) in [5, 5.41) is 16.6. The maximum Gasteiger partial charge on any atom is 0.471 e. The number of likely N-dealkylation sites (N-methyl/N-ethyl adjacent to an activating group) is 1. The fourth-order valence-corrected chi connectivity index (χ4v) is 14.0. The average Bonchev–Trinajstić information content (AvgIpc) is 3.95. The SMILES string of the molecule is CC[C@@]1(NC(=O)C(F)(F)F)C[C@@H]2CN(CCc3c([nH]c4ccccc34)[C@@](C(=O)OC)(c3cc4c(cc3OC)N(C)[C@H]3[C@@](O)(C(=O)OC)[C@H](OC(C)=O)[C@]5(CC)C=CCN6CC[C@]43[C@@H]65)C2)C1. The molecule has 1 aliphatic carbocycles. The number of hydrogen-bond acceptors (Lipinski definition) is 12. The number of fused-ring (bicyclic) bond motifs is 6. The number of piperidine rings is 1. The smallest absolute Gasteiger partial charge is 0.471 e. The number of esters is 3. The van der Waals surface area contributed by atoms with Crippen molar-refractivity contribution in [2.75, 3.05) is 66.0 Å². The van der Waals surface area contributed by atoms with Gasteiger partial charge in [-0.25, -0.2) is 4.79 Å². The molecule has 10 atom stereocenters. The number of halogens is 3. The highest BCUT2D eigenvalue weighted by atomic mass is 19.4. The van der Waals surface area contributed by atoms with Crippen molar-refractivity contribution in [1.82, 2.24) is 20.1 Å². The van der Waals surface area contributed by atoms with Crippen molar-refractivity contribution in [3.05, 3.63) is 70.9 Å². The number of para-hydroxylation sites is 1. The highest BCUT2D eigenvalue weighted by molar-refractivity contribution is 5.95. The largest absolute Gasteiger partial charge is 0.496 e. The number of carbonyl (C=O) groups is 4. The Labute approximate surface area is 375 Å². The van der Waals surface area contributed by atoms with Crippen LogP contribution in [0.1, 0.15) is 75.3 Å². The number of aliphatic hydroxyl groups is 1. The number of alkyl halides is 3. The quantitative estimate of drug-likeness (QED) is 0.163. The number of hydrogen-bond donors (Lipinski definition) is 3. The number of anilines is 1. The second-order valence-electron chi connectivity index (χ2n) is 19.2. The molecule has 2 aromatic carbocycles. The second-order valence-corrected chi connectivity index (χ2v) is 19.2. The van der Waals surface area contributed by atoms with E-state index in [4.69, 9.17) is 18.9 Å². The summed E-state index contributed by atoms with van der Waals surface area (Å²) in [5.41, 5.74) is -3.45. The molecule has 2 saturated heterocycles. The van der Waals surface area contributed by atoms with Gasteiger partial charge in [-0.3, -0.25) is 19.3 Å². The van der Waals surface area contributed by atoms with Crippen LogP contribution in [0.3, 0.4) is 0 Å². The Kier molecular flexibility index (Phi) is 10.7. The predicted octanol–water partition coefficient (Wildman–Crippen LogP) is 4.68. The molecule has 14 nitrogen and oxygen atoms in total. The Morgan fingerprint density at radius 2 is 1.71 bits per heavy atom. The molecule has 6 heterocycles. The molecule has 3 aromatic rings. The van der Waals surface area contributed by atoms with E-state index >= 15 is 4.79 Å². The molecule has 6 aliphatic rings. The first-order valence-electron chi connectivity index (χ1n) is 22.5. The zero-order valence-electron chi connectivity index (χ0n) is 37.9. The van der Waals surface area contributed by atoms with Crippen LogP contribution in [0.2, 0.25) is 0 Å². The number of aromatic amines is 1. The molecule has 9 rings (SSSR count). The van der Waals surface area contributed by atoms with Gasteiger partial charge in [0, 0.05) is 90.9 Å². The average molecular weight is 906 g/mol. The van der Waals surface area contributed by atoms with Crippen LogP contribution < -0.4 is 15.0 Å². The minimum atomic E-state index is -5.10. The Hall–Kier alpha value is -5.13. The summed E-state index contributed by atoms with van der Waals surface area (Å²) < 4.78 is 65.7. The third-order valence-corrected chi connectivity index (χ3v) is 16.3. The van der Waals surface area contributed by atoms with Gasteiger partial charge in [0.15, 0.2) is 6.10 Å². The van der Waals surface area contributed by atoms with E-state index in [-0.39, 0.29) is 25.8 Å². The highest BCUT2D eigenvalue weighted by Crippen LogP contribution is 2.68. The van der Waals surface area contributed by atoms with Crippen molar-refractivity contribution in [1.29, 1.82) is 0 Å². The summed E-state index contributed by atoms with van der Waals surface area (Å²) in [6, 6.07) is 10.1. The van der Waals surface area contributed by atoms with E-state index in [1.807, 2.05) is 60.4 Å². The summed E-state index contributed by atoms with van der Waals surface area (Å²) >= 11 is 0. The molecular formula is C48H58F3N5O9. The van der Waals surface area contributed by atoms with Crippen LogP contribution in [0.5, 0.6) is 5.75 Å². The first-order valence-corrected chi connectivity index (χ1v) is 22.5. The Balaban J connectivity index is 1.33. The number of nitrogens with zero attached hydrogens (tertiary/aromatic N) is 3. The number of nitrogens with one attached hydrogen (secondary N) is 2. The molecule has 1 spiro atoms. The van der Waals surface area contributed by atoms with E-state index < -0.39 is 81.5 Å². The van der Waals surface area contributed by atoms with E-state index in [2.05, 4.69) is 20.1 Å². The molecule has 5 aliphatic heterocycles. The zero-order chi connectivity index (χ0) is 46.6. The summed E-state index contributed by atoms with van der Waals surface area (Å²) in [7, 11) is 5.81. The number of H-pyrrole nitrogens is 1. The van der Waals surface area contributed by atoms with Crippen molar-refractivity contribution < 1.29 is 56.4 Å². The number of benzene rings is 2. The van der Waals surface area contributed by atoms with Gasteiger partial charge in [-0.05, 0) is 74.2 Å². The van der Waals surface area contributed by atoms with Crippen LogP contribution in [0.4, 0.5) is 18.9 Å². The van der Waals surface area contributed by atoms with Gasteiger partial charge in [-0.1, -0.05) is 44.2 Å². The fourth-order valence-electron chi connectivity index (χ4n) is 14.0. The molecule has 1 saturated carbocycles. The third kappa shape index (κ3) is 6.16. The molecule has 1 unspecified atom stereocenters. The van der Waals surface area contributed by atoms with E-state index in [0.717, 1.165) is 22.0 Å². The van der Waals surface area contributed by atoms with Gasteiger partial charge in [0.25, 0.3) is 0 Å². The molecule has 1 amide bonds. The van der Waals surface area contributed by atoms with Crippen molar-refractivity contribution in [3.8, 4) is 5.75 Å². The lowest BCUT2D eigenvalue weighted by Gasteiger charge is -2.63. The van der Waals surface area contributed by atoms with Crippen LogP contribution in [-0.4, -0.2) is 140 Å². The second kappa shape index (κ2) is 15.5. The minimum absolute atomic E-state index is 0.0544. The molecule has 3 N–H and O–H groups in total. The molecule has 3 fully saturated rings. The number of aromatic nitrogens is 1. The number of carbonyl (C=O) groups excluding carboxylic acids is 4. The minimum Gasteiger partial charge on any atom is -0.496 e. The number of methoxy groups -OCH3 is 3. The van der Waals surface area contributed by atoms with Gasteiger partial charge in [0.2, 0.25) is 5.60 Å². The van der Waals surface area contributed by atoms with Crippen LogP contribution in [0.25, 0.3) is 10.9 Å². The van der Waals surface area contributed by atoms with Gasteiger partial charge >= 0.3 is 30.0 Å². The van der Waals surface area contributed by atoms with E-state index in [1.54, 1.807) is 14.0 Å². The summed E-state index contributed by atoms with van der Waals surface area (Å²) in [5.74, 6) is -4.40. The number of ether oxygens (including phenoxy) is 4. The van der Waals surface area contributed by atoms with Crippen LogP contribution in [0, 0.1) is 11.3 Å². The zero-order valence-corrected chi connectivity index (χ0v) is 37.9. The lowest BCUT2D eigenvalue weighted by atomic mass is 9.47. The van der Waals surface area contributed by atoms with Gasteiger partial charge in [-0.2, -0.15) is 13.2 Å². The van der Waals surface area contributed by atoms with Gasteiger partial charge < -0.3 is 44.2 Å². The first-order chi connectivity index (χ1) is 30.8. The van der Waals surface area contributed by atoms with Gasteiger partial charge in [0.1, 0.15) is 11.2 Å². The van der Waals surface area contributed by atoms with E-state index in [9.17, 15) is 32.7 Å². The van der Waals surface area contributed by atoms with Gasteiger partial charge in [0.05, 0.1) is 32.9 Å². The topological polar surface area (TPSA) is 163 Å². The number of amides is 1. The van der Waals surface area contributed by atoms with Crippen LogP contribution >= 0.6 is 0 Å². The molecule has 0 radical (unpaired) electrons. The maximum atomic E-state index is 15.5. The normalized spacial score (nSPS) is 34.8. The third-order valence-electron chi connectivity index (χ3n) is 16.3. The molecule has 350 valence electrons. The van der Waals surface area contributed by atoms with Crippen LogP contribution in [-0.2, 0) is 50.6 Å². The Bertz CT molecular complexity index is 2490. The van der Waals surface area contributed by atoms with Crippen molar-refractivity contribution in [3.63, 3.8) is 0 Å². The first kappa shape index (κ1) is 45.0. The fraction of sp³-hybridized carbons (Fsp3) is 0.583. The van der Waals surface area contributed by atoms with E-state index in [0.29, 0.717) is 68.1 Å². The standard InChI is InChI=1S/C48H58F3N5O9/c1-8-43(53-40(58)48(49,50)51)23-28-24-46(41(59)63-6,36-30(15-19-55(25-28)26-43)29-13-10-11-14-33(29)52-36)32-21-31-34(22-35(32)62-5)54(4)38-45(31)17-20-56-18-12-16-44(9-2,37(45)56)39(65-27(3)57)47(38,61)42(60)64-7/h10-14,16,21-22,28,37-39,52,61H,8-9,15,17-20,23-26H2,1-7H3,(H,53,58)/t28-,37-,38+,39+,43+,44+,45+,46-,47-/m0/s1. The Morgan fingerprint density at radius 3 is 2.37 bits per heavy atom. The lowest BCUT2D eigenvalue weighted by Crippen LogP contribution is -2.81. The summed E-state index contributed by atoms with van der Waals surface area (Å²) in [6.45, 7) is 7.17. The summed E-state index contributed by atoms with van der Waals surface area (Å²) in [6.07, 6.45) is -0.798. The van der Waals surface area contributed by atoms with Crippen molar-refractivity contribution in [2.24, 2.45) is 11.3 Å². The van der Waals surface area contributed by atoms with Gasteiger partial charge in [-0.15, -0.1) is 0 Å². The van der Waals surface area contributed by atoms with Crippen molar-refractivity contribution >= 4 is 40.4 Å². The molecular weight excluding hydrogens is 848 g/mol. The lowest BCUT2D eigenvalue weighted by molar-refractivity contribution is -0.228. The molecule has 65 heavy (non-hydrogen) atoms. The van der Waals surface area contributed by atoms with E-state index in [1.165, 1.54) is 28.3 Å². The molecule has 1 aromatic heterocycles.